The van der Waals surface area contributed by atoms with E-state index in [9.17, 15) is 8.78 Å². The summed E-state index contributed by atoms with van der Waals surface area (Å²) in [5, 5.41) is 0.0552. The first-order valence-corrected chi connectivity index (χ1v) is 7.21. The Labute approximate surface area is 136 Å². The molecule has 21 heavy (non-hydrogen) atoms. The van der Waals surface area contributed by atoms with Crippen LogP contribution in [0.25, 0.3) is 16.7 Å². The fourth-order valence-electron chi connectivity index (χ4n) is 2.07. The summed E-state index contributed by atoms with van der Waals surface area (Å²) in [5.74, 6) is -1.03. The second-order valence-corrected chi connectivity index (χ2v) is 5.95. The van der Waals surface area contributed by atoms with Crippen molar-refractivity contribution in [1.82, 2.24) is 9.55 Å². The number of nitrogen functional groups attached to an aromatic ring is 1. The molecule has 3 rings (SSSR count). The maximum Gasteiger partial charge on any atom is 0.206 e. The smallest absolute Gasteiger partial charge is 0.206 e. The van der Waals surface area contributed by atoms with E-state index in [1.807, 2.05) is 0 Å². The summed E-state index contributed by atoms with van der Waals surface area (Å²) < 4.78 is 28.8. The van der Waals surface area contributed by atoms with Crippen molar-refractivity contribution in [3.05, 3.63) is 50.4 Å². The molecular weight excluding hydrogens is 387 g/mol. The van der Waals surface area contributed by atoms with E-state index in [0.717, 1.165) is 6.07 Å². The van der Waals surface area contributed by atoms with Gasteiger partial charge in [-0.2, -0.15) is 0 Å². The summed E-state index contributed by atoms with van der Waals surface area (Å²) in [6.45, 7) is 0. The van der Waals surface area contributed by atoms with E-state index in [1.54, 1.807) is 0 Å². The predicted octanol–water partition coefficient (Wildman–Crippen LogP) is 4.96. The number of benzene rings is 2. The number of nitrogens with zero attached hydrogens (tertiary/aromatic N) is 2. The molecule has 0 unspecified atom stereocenters. The summed E-state index contributed by atoms with van der Waals surface area (Å²) >= 11 is 15.0. The van der Waals surface area contributed by atoms with Crippen molar-refractivity contribution in [1.29, 1.82) is 0 Å². The molecule has 2 aromatic carbocycles. The van der Waals surface area contributed by atoms with E-state index in [2.05, 4.69) is 20.9 Å². The molecule has 8 heteroatoms. The summed E-state index contributed by atoms with van der Waals surface area (Å²) in [5.41, 5.74) is 7.04. The quantitative estimate of drug-likeness (QED) is 0.636. The van der Waals surface area contributed by atoms with Gasteiger partial charge in [-0.3, -0.25) is 4.57 Å². The SMILES string of the molecule is Nc1nc2cc(Cl)c(F)cc2n1-c1c(Cl)cc(F)cc1Br. The van der Waals surface area contributed by atoms with E-state index >= 15 is 0 Å². The topological polar surface area (TPSA) is 43.8 Å². The Morgan fingerprint density at radius 3 is 2.48 bits per heavy atom. The molecule has 0 atom stereocenters. The highest BCUT2D eigenvalue weighted by atomic mass is 79.9. The van der Waals surface area contributed by atoms with Crippen molar-refractivity contribution in [2.75, 3.05) is 5.73 Å². The Morgan fingerprint density at radius 2 is 1.81 bits per heavy atom. The van der Waals surface area contributed by atoms with Gasteiger partial charge in [0.2, 0.25) is 5.95 Å². The van der Waals surface area contributed by atoms with Gasteiger partial charge in [0.25, 0.3) is 0 Å². The summed E-state index contributed by atoms with van der Waals surface area (Å²) in [4.78, 5) is 4.11. The summed E-state index contributed by atoms with van der Waals surface area (Å²) in [6, 6.07) is 4.94. The number of fused-ring (bicyclic) bond motifs is 1. The minimum absolute atomic E-state index is 0.0589. The maximum atomic E-state index is 13.7. The highest BCUT2D eigenvalue weighted by Gasteiger charge is 2.18. The zero-order valence-electron chi connectivity index (χ0n) is 10.2. The lowest BCUT2D eigenvalue weighted by Gasteiger charge is -2.11. The molecule has 3 aromatic rings. The second-order valence-electron chi connectivity index (χ2n) is 4.28. The zero-order chi connectivity index (χ0) is 15.3. The average Bonchev–Trinajstić information content (AvgIpc) is 2.66. The largest absolute Gasteiger partial charge is 0.369 e. The van der Waals surface area contributed by atoms with Crippen LogP contribution in [-0.4, -0.2) is 9.55 Å². The first-order chi connectivity index (χ1) is 9.88. The normalized spacial score (nSPS) is 11.3. The third-order valence-electron chi connectivity index (χ3n) is 2.93. The highest BCUT2D eigenvalue weighted by molar-refractivity contribution is 9.10. The van der Waals surface area contributed by atoms with E-state index in [0.29, 0.717) is 21.2 Å². The Balaban J connectivity index is 2.41. The zero-order valence-corrected chi connectivity index (χ0v) is 13.3. The Bertz CT molecular complexity index is 856. The van der Waals surface area contributed by atoms with Crippen molar-refractivity contribution in [2.45, 2.75) is 0 Å². The molecular formula is C13H6BrCl2F2N3. The molecule has 0 aliphatic heterocycles. The van der Waals surface area contributed by atoms with Crippen LogP contribution in [0.15, 0.2) is 28.7 Å². The first kappa shape index (κ1) is 14.6. The van der Waals surface area contributed by atoms with Crippen molar-refractivity contribution in [2.24, 2.45) is 0 Å². The van der Waals surface area contributed by atoms with Gasteiger partial charge in [0.05, 0.1) is 26.8 Å². The number of halogens is 5. The number of rotatable bonds is 1. The third kappa shape index (κ3) is 2.37. The van der Waals surface area contributed by atoms with Crippen LogP contribution in [0.5, 0.6) is 0 Å². The van der Waals surface area contributed by atoms with Crippen molar-refractivity contribution < 1.29 is 8.78 Å². The Hall–Kier alpha value is -1.37. The first-order valence-electron chi connectivity index (χ1n) is 5.66. The standard InChI is InChI=1S/C13H6BrCl2F2N3/c14-6-1-5(17)2-8(16)12(6)21-11-4-9(18)7(15)3-10(11)20-13(21)19/h1-4H,(H2,19,20). The molecule has 0 spiro atoms. The van der Waals surface area contributed by atoms with Gasteiger partial charge in [-0.05, 0) is 34.1 Å². The van der Waals surface area contributed by atoms with Crippen molar-refractivity contribution in [3.8, 4) is 5.69 Å². The van der Waals surface area contributed by atoms with Gasteiger partial charge < -0.3 is 5.73 Å². The van der Waals surface area contributed by atoms with Gasteiger partial charge in [-0.25, -0.2) is 13.8 Å². The van der Waals surface area contributed by atoms with Gasteiger partial charge in [0.15, 0.2) is 0 Å². The molecule has 0 aliphatic carbocycles. The molecule has 0 aliphatic rings. The van der Waals surface area contributed by atoms with E-state index < -0.39 is 11.6 Å². The number of hydrogen-bond acceptors (Lipinski definition) is 2. The maximum absolute atomic E-state index is 13.7. The highest BCUT2D eigenvalue weighted by Crippen LogP contribution is 2.35. The number of aromatic nitrogens is 2. The molecule has 108 valence electrons. The van der Waals surface area contributed by atoms with Crippen molar-refractivity contribution >= 4 is 56.1 Å². The molecule has 3 nitrogen and oxygen atoms in total. The molecule has 0 bridgehead atoms. The van der Waals surface area contributed by atoms with Gasteiger partial charge in [0.1, 0.15) is 11.6 Å². The number of anilines is 1. The van der Waals surface area contributed by atoms with Gasteiger partial charge >= 0.3 is 0 Å². The van der Waals surface area contributed by atoms with E-state index in [4.69, 9.17) is 28.9 Å². The lowest BCUT2D eigenvalue weighted by Crippen LogP contribution is -2.03. The third-order valence-corrected chi connectivity index (χ3v) is 4.11. The molecule has 0 saturated heterocycles. The number of imidazole rings is 1. The Kier molecular flexibility index (Phi) is 3.55. The van der Waals surface area contributed by atoms with Crippen LogP contribution in [0.3, 0.4) is 0 Å². The van der Waals surface area contributed by atoms with Crippen LogP contribution >= 0.6 is 39.1 Å². The predicted molar refractivity (Wildman–Crippen MR) is 83.1 cm³/mol. The molecule has 1 heterocycles. The van der Waals surface area contributed by atoms with E-state index in [-0.39, 0.29) is 16.0 Å². The average molecular weight is 393 g/mol. The van der Waals surface area contributed by atoms with Gasteiger partial charge in [0, 0.05) is 10.5 Å². The molecule has 0 radical (unpaired) electrons. The summed E-state index contributed by atoms with van der Waals surface area (Å²) in [6.07, 6.45) is 0. The molecule has 2 N–H and O–H groups in total. The fraction of sp³-hybridized carbons (Fsp3) is 0. The van der Waals surface area contributed by atoms with Gasteiger partial charge in [-0.1, -0.05) is 23.2 Å². The molecule has 0 fully saturated rings. The summed E-state index contributed by atoms with van der Waals surface area (Å²) in [7, 11) is 0. The van der Waals surface area contributed by atoms with Gasteiger partial charge in [-0.15, -0.1) is 0 Å². The van der Waals surface area contributed by atoms with Crippen LogP contribution in [0, 0.1) is 11.6 Å². The van der Waals surface area contributed by atoms with E-state index in [1.165, 1.54) is 22.8 Å². The number of nitrogens with two attached hydrogens (primary N) is 1. The number of hydrogen-bond donors (Lipinski definition) is 1. The fourth-order valence-corrected chi connectivity index (χ4v) is 3.25. The van der Waals surface area contributed by atoms with Crippen LogP contribution < -0.4 is 5.73 Å². The van der Waals surface area contributed by atoms with Crippen LogP contribution in [-0.2, 0) is 0 Å². The molecule has 1 aromatic heterocycles. The minimum atomic E-state index is -0.611. The minimum Gasteiger partial charge on any atom is -0.369 e. The Morgan fingerprint density at radius 1 is 1.10 bits per heavy atom. The lowest BCUT2D eigenvalue weighted by atomic mass is 10.2. The van der Waals surface area contributed by atoms with Crippen LogP contribution in [0.4, 0.5) is 14.7 Å². The van der Waals surface area contributed by atoms with Crippen molar-refractivity contribution in [3.63, 3.8) is 0 Å². The van der Waals surface area contributed by atoms with Crippen LogP contribution in [0.1, 0.15) is 0 Å². The molecule has 0 saturated carbocycles. The second kappa shape index (κ2) is 5.12. The molecule has 0 amide bonds. The monoisotopic (exact) mass is 391 g/mol. The van der Waals surface area contributed by atoms with Crippen LogP contribution in [0.2, 0.25) is 10.0 Å². The lowest BCUT2D eigenvalue weighted by molar-refractivity contribution is 0.626.